The van der Waals surface area contributed by atoms with Gasteiger partial charge >= 0.3 is 24.3 Å². The molecule has 40 heavy (non-hydrogen) atoms. The Morgan fingerprint density at radius 3 is 2.23 bits per heavy atom. The Morgan fingerprint density at radius 1 is 1.02 bits per heavy atom. The summed E-state index contributed by atoms with van der Waals surface area (Å²) in [4.78, 5) is 29.6. The summed E-state index contributed by atoms with van der Waals surface area (Å²) in [6, 6.07) is 12.5. The molecule has 0 spiro atoms. The van der Waals surface area contributed by atoms with Crippen molar-refractivity contribution in [1.82, 2.24) is 20.0 Å². The van der Waals surface area contributed by atoms with Crippen molar-refractivity contribution >= 4 is 22.8 Å². The van der Waals surface area contributed by atoms with Crippen LogP contribution < -0.4 is 0 Å². The zero-order valence-electron chi connectivity index (χ0n) is 20.9. The number of ether oxygens (including phenoxy) is 1. The molecule has 0 radical (unpaired) electrons. The van der Waals surface area contributed by atoms with Gasteiger partial charge in [0.1, 0.15) is 0 Å². The van der Waals surface area contributed by atoms with E-state index in [1.165, 1.54) is 5.39 Å². The number of halogens is 6. The van der Waals surface area contributed by atoms with Gasteiger partial charge in [0.25, 0.3) is 0 Å². The maximum atomic E-state index is 10.6. The predicted molar refractivity (Wildman–Crippen MR) is 124 cm³/mol. The number of piperidine rings is 1. The van der Waals surface area contributed by atoms with Crippen molar-refractivity contribution in [2.45, 2.75) is 50.2 Å². The van der Waals surface area contributed by atoms with E-state index >= 15 is 0 Å². The van der Waals surface area contributed by atoms with Gasteiger partial charge in [-0.2, -0.15) is 31.3 Å². The highest BCUT2D eigenvalue weighted by Gasteiger charge is 2.52. The normalized spacial score (nSPS) is 21.0. The number of aliphatic carboxylic acids is 2. The molecule has 2 aliphatic heterocycles. The van der Waals surface area contributed by atoms with Crippen LogP contribution in [0.4, 0.5) is 26.3 Å². The molecule has 0 unspecified atom stereocenters. The molecule has 10 nitrogen and oxygen atoms in total. The highest BCUT2D eigenvalue weighted by atomic mass is 19.4. The standard InChI is InChI=1S/C20H22N4O2.2C2HF3O2/c1-14-21-19(26-23-14)20-9-11-25-18(20)8-10-24(13-20)12-16-7-6-15-4-2-3-5-17(15)22-16;2*3-2(4,5)1(6)7/h2-7,18H,8-13H2,1H3;2*(H,6,7)/t18-,20-;;/m1../s1. The quantitative estimate of drug-likeness (QED) is 0.437. The molecule has 2 saturated heterocycles. The van der Waals surface area contributed by atoms with Gasteiger partial charge in [0.05, 0.1) is 22.7 Å². The summed E-state index contributed by atoms with van der Waals surface area (Å²) in [6.07, 6.45) is -8.08. The molecule has 0 amide bonds. The fraction of sp³-hybridized carbons (Fsp3) is 0.458. The van der Waals surface area contributed by atoms with Crippen LogP contribution >= 0.6 is 0 Å². The van der Waals surface area contributed by atoms with Gasteiger partial charge in [-0.3, -0.25) is 9.88 Å². The minimum Gasteiger partial charge on any atom is -0.475 e. The number of carbonyl (C=O) groups is 2. The number of nitrogens with zero attached hydrogens (tertiary/aromatic N) is 4. The number of benzene rings is 1. The first-order valence-electron chi connectivity index (χ1n) is 11.7. The molecule has 5 rings (SSSR count). The number of fused-ring (bicyclic) bond motifs is 2. The fourth-order valence-electron chi connectivity index (χ4n) is 4.39. The van der Waals surface area contributed by atoms with E-state index in [0.29, 0.717) is 5.82 Å². The van der Waals surface area contributed by atoms with E-state index in [9.17, 15) is 26.3 Å². The van der Waals surface area contributed by atoms with E-state index in [0.717, 1.165) is 56.2 Å². The molecule has 0 aliphatic carbocycles. The van der Waals surface area contributed by atoms with Crippen molar-refractivity contribution in [3.63, 3.8) is 0 Å². The van der Waals surface area contributed by atoms with Crippen LogP contribution in [0, 0.1) is 6.92 Å². The Hall–Kier alpha value is -3.79. The number of hydrogen-bond acceptors (Lipinski definition) is 8. The first kappa shape index (κ1) is 30.7. The van der Waals surface area contributed by atoms with Crippen molar-refractivity contribution in [2.75, 3.05) is 19.7 Å². The van der Waals surface area contributed by atoms with Crippen LogP contribution in [0.2, 0.25) is 0 Å². The maximum Gasteiger partial charge on any atom is 0.490 e. The molecule has 4 heterocycles. The summed E-state index contributed by atoms with van der Waals surface area (Å²) in [5, 5.41) is 19.4. The van der Waals surface area contributed by atoms with Gasteiger partial charge in [0.15, 0.2) is 5.82 Å². The largest absolute Gasteiger partial charge is 0.490 e. The molecular weight excluding hydrogens is 554 g/mol. The molecule has 2 N–H and O–H groups in total. The molecule has 2 aromatic heterocycles. The lowest BCUT2D eigenvalue weighted by atomic mass is 9.76. The zero-order chi connectivity index (χ0) is 29.7. The molecule has 0 saturated carbocycles. The van der Waals surface area contributed by atoms with Crippen LogP contribution in [-0.4, -0.2) is 80.3 Å². The smallest absolute Gasteiger partial charge is 0.475 e. The van der Waals surface area contributed by atoms with E-state index in [2.05, 4.69) is 39.3 Å². The third kappa shape index (κ3) is 7.65. The van der Waals surface area contributed by atoms with Gasteiger partial charge in [-0.25, -0.2) is 9.59 Å². The average Bonchev–Trinajstić information content (AvgIpc) is 3.50. The second-order valence-electron chi connectivity index (χ2n) is 9.01. The van der Waals surface area contributed by atoms with Gasteiger partial charge in [0, 0.05) is 31.6 Å². The monoisotopic (exact) mass is 578 g/mol. The number of pyridine rings is 1. The predicted octanol–water partition coefficient (Wildman–Crippen LogP) is 4.13. The van der Waals surface area contributed by atoms with Crippen molar-refractivity contribution in [3.05, 3.63) is 53.8 Å². The molecule has 218 valence electrons. The van der Waals surface area contributed by atoms with Crippen LogP contribution in [-0.2, 0) is 26.3 Å². The van der Waals surface area contributed by atoms with Crippen LogP contribution in [0.3, 0.4) is 0 Å². The number of aromatic nitrogens is 3. The van der Waals surface area contributed by atoms with Gasteiger partial charge in [-0.15, -0.1) is 0 Å². The van der Waals surface area contributed by atoms with Crippen molar-refractivity contribution in [2.24, 2.45) is 0 Å². The molecule has 2 fully saturated rings. The number of rotatable bonds is 3. The van der Waals surface area contributed by atoms with E-state index < -0.39 is 24.3 Å². The third-order valence-corrected chi connectivity index (χ3v) is 6.18. The molecule has 1 aromatic carbocycles. The number of carboxylic acid groups (broad SMARTS) is 2. The van der Waals surface area contributed by atoms with E-state index in [4.69, 9.17) is 34.0 Å². The number of aryl methyl sites for hydroxylation is 1. The highest BCUT2D eigenvalue weighted by Crippen LogP contribution is 2.43. The summed E-state index contributed by atoms with van der Waals surface area (Å²) >= 11 is 0. The number of hydrogen-bond donors (Lipinski definition) is 2. The minimum absolute atomic E-state index is 0.170. The summed E-state index contributed by atoms with van der Waals surface area (Å²) in [7, 11) is 0. The molecule has 2 atom stereocenters. The number of carboxylic acids is 2. The fourth-order valence-corrected chi connectivity index (χ4v) is 4.39. The first-order valence-corrected chi connectivity index (χ1v) is 11.7. The average molecular weight is 578 g/mol. The summed E-state index contributed by atoms with van der Waals surface area (Å²) < 4.78 is 75.1. The lowest BCUT2D eigenvalue weighted by molar-refractivity contribution is -0.193. The second kappa shape index (κ2) is 12.2. The number of para-hydroxylation sites is 1. The molecule has 0 bridgehead atoms. The molecular formula is C24H24F6N4O6. The second-order valence-corrected chi connectivity index (χ2v) is 9.01. The topological polar surface area (TPSA) is 139 Å². The summed E-state index contributed by atoms with van der Waals surface area (Å²) in [6.45, 7) is 5.32. The molecule has 2 aliphatic rings. The number of likely N-dealkylation sites (tertiary alicyclic amines) is 1. The van der Waals surface area contributed by atoms with Gasteiger partial charge in [0.2, 0.25) is 5.89 Å². The van der Waals surface area contributed by atoms with E-state index in [-0.39, 0.29) is 11.5 Å². The van der Waals surface area contributed by atoms with Crippen LogP contribution in [0.1, 0.15) is 30.3 Å². The molecule has 3 aromatic rings. The third-order valence-electron chi connectivity index (χ3n) is 6.18. The van der Waals surface area contributed by atoms with Gasteiger partial charge < -0.3 is 19.5 Å². The Labute approximate surface area is 222 Å². The SMILES string of the molecule is Cc1noc([C@@]23CCO[C@@H]2CCN(Cc2ccc4ccccc4n2)C3)n1.O=C(O)C(F)(F)F.O=C(O)C(F)(F)F. The first-order chi connectivity index (χ1) is 18.6. The van der Waals surface area contributed by atoms with Gasteiger partial charge in [-0.1, -0.05) is 29.4 Å². The number of alkyl halides is 6. The Bertz CT molecular complexity index is 1310. The zero-order valence-corrected chi connectivity index (χ0v) is 20.9. The van der Waals surface area contributed by atoms with E-state index in [1.807, 2.05) is 19.1 Å². The highest BCUT2D eigenvalue weighted by molar-refractivity contribution is 5.78. The van der Waals surface area contributed by atoms with Crippen LogP contribution in [0.15, 0.2) is 40.9 Å². The van der Waals surface area contributed by atoms with Crippen molar-refractivity contribution in [3.8, 4) is 0 Å². The Balaban J connectivity index is 0.000000263. The lowest BCUT2D eigenvalue weighted by Crippen LogP contribution is -2.52. The van der Waals surface area contributed by atoms with E-state index in [1.54, 1.807) is 0 Å². The summed E-state index contributed by atoms with van der Waals surface area (Å²) in [5.41, 5.74) is 1.96. The Morgan fingerprint density at radius 2 is 1.65 bits per heavy atom. The molecule has 16 heteroatoms. The van der Waals surface area contributed by atoms with Crippen LogP contribution in [0.5, 0.6) is 0 Å². The minimum atomic E-state index is -5.08. The maximum absolute atomic E-state index is 10.6. The lowest BCUT2D eigenvalue weighted by Gasteiger charge is -2.41. The summed E-state index contributed by atoms with van der Waals surface area (Å²) in [5.74, 6) is -4.10. The van der Waals surface area contributed by atoms with Crippen molar-refractivity contribution in [1.29, 1.82) is 0 Å². The van der Waals surface area contributed by atoms with Crippen molar-refractivity contribution < 1.29 is 55.4 Å². The van der Waals surface area contributed by atoms with Gasteiger partial charge in [-0.05, 0) is 31.9 Å². The Kier molecular flexibility index (Phi) is 9.35. The van der Waals surface area contributed by atoms with Crippen LogP contribution in [0.25, 0.3) is 10.9 Å².